The Hall–Kier alpha value is -3.34. The van der Waals surface area contributed by atoms with Crippen molar-refractivity contribution in [3.8, 4) is 0 Å². The molecule has 3 aromatic rings. The number of aryl methyl sites for hydroxylation is 2. The Bertz CT molecular complexity index is 991. The molecule has 5 heteroatoms. The highest BCUT2D eigenvalue weighted by Gasteiger charge is 2.18. The van der Waals surface area contributed by atoms with E-state index in [1.165, 1.54) is 6.26 Å². The normalized spacial score (nSPS) is 10.5. The van der Waals surface area contributed by atoms with E-state index in [2.05, 4.69) is 5.32 Å². The van der Waals surface area contributed by atoms with Gasteiger partial charge in [0.2, 0.25) is 0 Å². The van der Waals surface area contributed by atoms with E-state index in [1.54, 1.807) is 36.2 Å². The number of amides is 2. The zero-order chi connectivity index (χ0) is 19.6. The Balaban J connectivity index is 1.87. The van der Waals surface area contributed by atoms with Gasteiger partial charge in [-0.05, 0) is 67.8 Å². The SMILES string of the molecule is Cc1ccc(C(=O)N(C)c2cccc(C)c2C)cc1NC(=O)c1ccco1. The molecule has 0 aliphatic rings. The van der Waals surface area contributed by atoms with Crippen LogP contribution in [-0.2, 0) is 0 Å². The van der Waals surface area contributed by atoms with Crippen molar-refractivity contribution >= 4 is 23.2 Å². The second kappa shape index (κ2) is 7.50. The topological polar surface area (TPSA) is 62.6 Å². The van der Waals surface area contributed by atoms with Gasteiger partial charge < -0.3 is 14.6 Å². The number of hydrogen-bond donors (Lipinski definition) is 1. The second-order valence-corrected chi connectivity index (χ2v) is 6.54. The van der Waals surface area contributed by atoms with E-state index in [-0.39, 0.29) is 17.6 Å². The molecule has 0 atom stereocenters. The molecule has 0 aliphatic carbocycles. The molecule has 3 rings (SSSR count). The summed E-state index contributed by atoms with van der Waals surface area (Å²) in [6, 6.07) is 14.4. The average Bonchev–Trinajstić information content (AvgIpc) is 3.19. The van der Waals surface area contributed by atoms with Crippen LogP contribution in [-0.4, -0.2) is 18.9 Å². The Labute approximate surface area is 158 Å². The van der Waals surface area contributed by atoms with E-state index in [9.17, 15) is 9.59 Å². The highest BCUT2D eigenvalue weighted by Crippen LogP contribution is 2.25. The summed E-state index contributed by atoms with van der Waals surface area (Å²) in [6.07, 6.45) is 1.45. The van der Waals surface area contributed by atoms with Gasteiger partial charge in [0.1, 0.15) is 0 Å². The van der Waals surface area contributed by atoms with E-state index in [0.29, 0.717) is 11.3 Å². The molecule has 0 saturated carbocycles. The fraction of sp³-hybridized carbons (Fsp3) is 0.182. The van der Waals surface area contributed by atoms with Crippen LogP contribution in [0.3, 0.4) is 0 Å². The minimum Gasteiger partial charge on any atom is -0.459 e. The first kappa shape index (κ1) is 18.5. The lowest BCUT2D eigenvalue weighted by molar-refractivity contribution is 0.0985. The summed E-state index contributed by atoms with van der Waals surface area (Å²) in [5, 5.41) is 2.80. The Kier molecular flexibility index (Phi) is 5.12. The van der Waals surface area contributed by atoms with Crippen LogP contribution in [0.4, 0.5) is 11.4 Å². The maximum Gasteiger partial charge on any atom is 0.291 e. The van der Waals surface area contributed by atoms with Gasteiger partial charge in [0.25, 0.3) is 11.8 Å². The number of benzene rings is 2. The third-order valence-corrected chi connectivity index (χ3v) is 4.72. The van der Waals surface area contributed by atoms with E-state index in [4.69, 9.17) is 4.42 Å². The predicted octanol–water partition coefficient (Wildman–Crippen LogP) is 4.73. The molecule has 27 heavy (non-hydrogen) atoms. The molecular weight excluding hydrogens is 340 g/mol. The van der Waals surface area contributed by atoms with Crippen LogP contribution in [0.2, 0.25) is 0 Å². The fourth-order valence-electron chi connectivity index (χ4n) is 2.88. The lowest BCUT2D eigenvalue weighted by atomic mass is 10.1. The highest BCUT2D eigenvalue weighted by atomic mass is 16.3. The van der Waals surface area contributed by atoms with Gasteiger partial charge in [0, 0.05) is 24.0 Å². The zero-order valence-corrected chi connectivity index (χ0v) is 15.9. The number of furan rings is 1. The number of rotatable bonds is 4. The van der Waals surface area contributed by atoms with E-state index in [0.717, 1.165) is 22.4 Å². The van der Waals surface area contributed by atoms with Crippen LogP contribution in [0.15, 0.2) is 59.2 Å². The number of hydrogen-bond acceptors (Lipinski definition) is 3. The zero-order valence-electron chi connectivity index (χ0n) is 15.9. The summed E-state index contributed by atoms with van der Waals surface area (Å²) >= 11 is 0. The smallest absolute Gasteiger partial charge is 0.291 e. The van der Waals surface area contributed by atoms with E-state index < -0.39 is 0 Å². The summed E-state index contributed by atoms with van der Waals surface area (Å²) in [5.74, 6) is -0.272. The van der Waals surface area contributed by atoms with E-state index >= 15 is 0 Å². The van der Waals surface area contributed by atoms with Gasteiger partial charge in [-0.3, -0.25) is 9.59 Å². The van der Waals surface area contributed by atoms with Crippen molar-refractivity contribution in [2.24, 2.45) is 0 Å². The van der Waals surface area contributed by atoms with Crippen molar-refractivity contribution in [2.75, 3.05) is 17.3 Å². The highest BCUT2D eigenvalue weighted by molar-refractivity contribution is 6.08. The Morgan fingerprint density at radius 1 is 0.963 bits per heavy atom. The van der Waals surface area contributed by atoms with Crippen LogP contribution in [0.5, 0.6) is 0 Å². The standard InChI is InChI=1S/C22H22N2O3/c1-14-7-5-8-19(16(14)3)24(4)22(26)17-11-10-15(2)18(13-17)23-21(25)20-9-6-12-27-20/h5-13H,1-4H3,(H,23,25). The van der Waals surface area contributed by atoms with Gasteiger partial charge in [0.15, 0.2) is 5.76 Å². The minimum atomic E-state index is -0.351. The molecule has 2 amide bonds. The van der Waals surface area contributed by atoms with Crippen molar-refractivity contribution in [1.29, 1.82) is 0 Å². The monoisotopic (exact) mass is 362 g/mol. The van der Waals surface area contributed by atoms with E-state index in [1.807, 2.05) is 45.0 Å². The summed E-state index contributed by atoms with van der Waals surface area (Å²) in [7, 11) is 1.76. The van der Waals surface area contributed by atoms with Gasteiger partial charge in [-0.15, -0.1) is 0 Å². The van der Waals surface area contributed by atoms with Crippen LogP contribution in [0.25, 0.3) is 0 Å². The van der Waals surface area contributed by atoms with Crippen molar-refractivity contribution in [3.05, 3.63) is 82.8 Å². The van der Waals surface area contributed by atoms with Gasteiger partial charge in [0.05, 0.1) is 6.26 Å². The van der Waals surface area contributed by atoms with Gasteiger partial charge >= 0.3 is 0 Å². The predicted molar refractivity (Wildman–Crippen MR) is 106 cm³/mol. The first-order chi connectivity index (χ1) is 12.9. The summed E-state index contributed by atoms with van der Waals surface area (Å²) in [6.45, 7) is 5.89. The Morgan fingerprint density at radius 3 is 2.44 bits per heavy atom. The number of carbonyl (C=O) groups is 2. The quantitative estimate of drug-likeness (QED) is 0.729. The lowest BCUT2D eigenvalue weighted by Crippen LogP contribution is -2.27. The molecule has 0 fully saturated rings. The molecule has 1 heterocycles. The van der Waals surface area contributed by atoms with Gasteiger partial charge in [-0.25, -0.2) is 0 Å². The molecule has 0 radical (unpaired) electrons. The number of anilines is 2. The third-order valence-electron chi connectivity index (χ3n) is 4.72. The molecule has 0 bridgehead atoms. The largest absolute Gasteiger partial charge is 0.459 e. The van der Waals surface area contributed by atoms with Crippen molar-refractivity contribution in [1.82, 2.24) is 0 Å². The fourth-order valence-corrected chi connectivity index (χ4v) is 2.88. The molecule has 1 aromatic heterocycles. The average molecular weight is 362 g/mol. The molecule has 0 spiro atoms. The second-order valence-electron chi connectivity index (χ2n) is 6.54. The lowest BCUT2D eigenvalue weighted by Gasteiger charge is -2.21. The number of carbonyl (C=O) groups excluding carboxylic acids is 2. The molecule has 0 unspecified atom stereocenters. The molecule has 0 saturated heterocycles. The third kappa shape index (κ3) is 3.77. The van der Waals surface area contributed by atoms with Crippen molar-refractivity contribution in [3.63, 3.8) is 0 Å². The van der Waals surface area contributed by atoms with Crippen molar-refractivity contribution in [2.45, 2.75) is 20.8 Å². The maximum absolute atomic E-state index is 13.0. The van der Waals surface area contributed by atoms with Crippen LogP contribution in [0.1, 0.15) is 37.6 Å². The summed E-state index contributed by atoms with van der Waals surface area (Å²) < 4.78 is 5.12. The molecule has 5 nitrogen and oxygen atoms in total. The molecular formula is C22H22N2O3. The summed E-state index contributed by atoms with van der Waals surface area (Å²) in [5.41, 5.74) is 4.99. The van der Waals surface area contributed by atoms with Gasteiger partial charge in [-0.2, -0.15) is 0 Å². The maximum atomic E-state index is 13.0. The number of nitrogens with one attached hydrogen (secondary N) is 1. The minimum absolute atomic E-state index is 0.141. The van der Waals surface area contributed by atoms with Gasteiger partial charge in [-0.1, -0.05) is 18.2 Å². The van der Waals surface area contributed by atoms with Crippen LogP contribution < -0.4 is 10.2 Å². The van der Waals surface area contributed by atoms with Crippen LogP contribution >= 0.6 is 0 Å². The summed E-state index contributed by atoms with van der Waals surface area (Å²) in [4.78, 5) is 26.9. The molecule has 138 valence electrons. The Morgan fingerprint density at radius 2 is 1.74 bits per heavy atom. The van der Waals surface area contributed by atoms with Crippen molar-refractivity contribution < 1.29 is 14.0 Å². The molecule has 0 aliphatic heterocycles. The molecule has 1 N–H and O–H groups in total. The first-order valence-corrected chi connectivity index (χ1v) is 8.68. The first-order valence-electron chi connectivity index (χ1n) is 8.68. The number of nitrogens with zero attached hydrogens (tertiary/aromatic N) is 1. The molecule has 2 aromatic carbocycles. The van der Waals surface area contributed by atoms with Crippen LogP contribution in [0, 0.1) is 20.8 Å².